The van der Waals surface area contributed by atoms with Crippen molar-refractivity contribution < 1.29 is 23.5 Å². The molecule has 0 saturated heterocycles. The van der Waals surface area contributed by atoms with Crippen molar-refractivity contribution in [3.05, 3.63) is 81.8 Å². The van der Waals surface area contributed by atoms with Crippen LogP contribution in [0.5, 0.6) is 0 Å². The molecule has 5 aromatic rings. The van der Waals surface area contributed by atoms with E-state index < -0.39 is 35.2 Å². The number of nitrogens with one attached hydrogen (secondary N) is 6. The van der Waals surface area contributed by atoms with Crippen LogP contribution in [0.15, 0.2) is 53.3 Å². The first-order valence-electron chi connectivity index (χ1n) is 18.4. The second-order valence-electron chi connectivity index (χ2n) is 15.6. The zero-order valence-corrected chi connectivity index (χ0v) is 30.5. The highest BCUT2D eigenvalue weighted by atomic mass is 19.1. The molecule has 2 fully saturated rings. The Morgan fingerprint density at radius 2 is 1.68 bits per heavy atom. The molecule has 1 atom stereocenters. The van der Waals surface area contributed by atoms with Crippen molar-refractivity contribution in [3.63, 3.8) is 0 Å². The third kappa shape index (κ3) is 8.61. The maximum absolute atomic E-state index is 14.8. The Morgan fingerprint density at radius 3 is 2.38 bits per heavy atom. The Hall–Kier alpha value is -5.46. The molecule has 2 saturated carbocycles. The number of aryl methyl sites for hydroxylation is 1. The predicted molar refractivity (Wildman–Crippen MR) is 201 cm³/mol. The minimum absolute atomic E-state index is 0.0138. The topological polar surface area (TPSA) is 174 Å². The van der Waals surface area contributed by atoms with Crippen molar-refractivity contribution in [3.8, 4) is 11.1 Å². The monoisotopic (exact) mass is 723 g/mol. The number of benzene rings is 3. The summed E-state index contributed by atoms with van der Waals surface area (Å²) in [6, 6.07) is 13.8. The maximum atomic E-state index is 14.8. The number of halogens is 1. The van der Waals surface area contributed by atoms with E-state index in [4.69, 9.17) is 9.72 Å². The van der Waals surface area contributed by atoms with Crippen molar-refractivity contribution in [2.45, 2.75) is 90.2 Å². The van der Waals surface area contributed by atoms with Crippen LogP contribution in [0.3, 0.4) is 0 Å². The van der Waals surface area contributed by atoms with Gasteiger partial charge in [0.15, 0.2) is 5.82 Å². The number of carbonyl (C=O) groups is 3. The van der Waals surface area contributed by atoms with E-state index in [0.29, 0.717) is 25.3 Å². The standard InChI is InChI=1S/C40H46FN7O5/c1-21-15-30-31(45-35(44-30)25-13-14-25)19-28(21)24-9-5-22(6-10-24)16-33(37(50)43-27-17-29(41)34-32(18-27)47-38(51)48-34)46-36(49)26-11-7-23(8-12-26)20-42-39(52)53-40(2,3)4/h5-6,9-10,15,17-19,23,25-26,33H,7-8,11-14,16,20H2,1-4H3,(H,42,52)(H,43,50)(H,44,45)(H,46,49)(H2,47,48,51)/t23?,26?,33-/m0/s1. The Balaban J connectivity index is 1.05. The van der Waals surface area contributed by atoms with Crippen LogP contribution in [-0.4, -0.2) is 56.0 Å². The van der Waals surface area contributed by atoms with E-state index >= 15 is 0 Å². The molecule has 0 spiro atoms. The number of aromatic nitrogens is 4. The molecule has 6 N–H and O–H groups in total. The Bertz CT molecular complexity index is 2220. The first kappa shape index (κ1) is 35.9. The SMILES string of the molecule is Cc1cc2[nH]c(C3CC3)nc2cc1-c1ccc(C[C@H](NC(=O)C2CCC(CNC(=O)OC(C)(C)C)CC2)C(=O)Nc2cc(F)c3[nH]c(=O)[nH]c3c2)cc1. The molecule has 2 heterocycles. The van der Waals surface area contributed by atoms with Gasteiger partial charge in [-0.15, -0.1) is 0 Å². The van der Waals surface area contributed by atoms with Gasteiger partial charge in [0.1, 0.15) is 23.0 Å². The fourth-order valence-electron chi connectivity index (χ4n) is 7.17. The second-order valence-corrected chi connectivity index (χ2v) is 15.6. The van der Waals surface area contributed by atoms with Crippen LogP contribution in [-0.2, 0) is 20.7 Å². The fraction of sp³-hybridized carbons (Fsp3) is 0.425. The quantitative estimate of drug-likeness (QED) is 0.0933. The first-order valence-corrected chi connectivity index (χ1v) is 18.4. The summed E-state index contributed by atoms with van der Waals surface area (Å²) in [5, 5.41) is 8.56. The third-order valence-electron chi connectivity index (χ3n) is 10.1. The molecule has 13 heteroatoms. The Labute approximate surface area is 306 Å². The summed E-state index contributed by atoms with van der Waals surface area (Å²) in [6.45, 7) is 7.98. The number of hydrogen-bond acceptors (Lipinski definition) is 6. The number of rotatable bonds is 10. The maximum Gasteiger partial charge on any atom is 0.407 e. The lowest BCUT2D eigenvalue weighted by Gasteiger charge is -2.29. The molecule has 3 aromatic carbocycles. The second kappa shape index (κ2) is 14.5. The summed E-state index contributed by atoms with van der Waals surface area (Å²) < 4.78 is 20.1. The number of nitrogens with zero attached hydrogens (tertiary/aromatic N) is 1. The zero-order chi connectivity index (χ0) is 37.4. The number of alkyl carbamates (subject to hydrolysis) is 1. The van der Waals surface area contributed by atoms with Crippen molar-refractivity contribution in [2.24, 2.45) is 11.8 Å². The highest BCUT2D eigenvalue weighted by molar-refractivity contribution is 5.99. The molecule has 2 aromatic heterocycles. The van der Waals surface area contributed by atoms with Crippen LogP contribution in [0, 0.1) is 24.6 Å². The fourth-order valence-corrected chi connectivity index (χ4v) is 7.17. The summed E-state index contributed by atoms with van der Waals surface area (Å²) in [4.78, 5) is 64.6. The summed E-state index contributed by atoms with van der Waals surface area (Å²) in [5.74, 6) is 0.0451. The summed E-state index contributed by atoms with van der Waals surface area (Å²) in [5.41, 5.74) is 5.22. The van der Waals surface area contributed by atoms with Crippen LogP contribution in [0.2, 0.25) is 0 Å². The van der Waals surface area contributed by atoms with Gasteiger partial charge in [-0.3, -0.25) is 9.59 Å². The normalized spacial score (nSPS) is 18.1. The van der Waals surface area contributed by atoms with Crippen LogP contribution in [0.25, 0.3) is 33.2 Å². The van der Waals surface area contributed by atoms with Crippen molar-refractivity contribution in [2.75, 3.05) is 11.9 Å². The highest BCUT2D eigenvalue weighted by Crippen LogP contribution is 2.39. The molecule has 7 rings (SSSR count). The number of H-pyrrole nitrogens is 3. The average molecular weight is 724 g/mol. The van der Waals surface area contributed by atoms with Crippen LogP contribution >= 0.6 is 0 Å². The summed E-state index contributed by atoms with van der Waals surface area (Å²) in [7, 11) is 0. The van der Waals surface area contributed by atoms with Gasteiger partial charge in [0, 0.05) is 30.5 Å². The van der Waals surface area contributed by atoms with Gasteiger partial charge in [-0.05, 0) is 119 Å². The van der Waals surface area contributed by atoms with Gasteiger partial charge in [0.05, 0.1) is 16.6 Å². The molecule has 0 radical (unpaired) electrons. The lowest BCUT2D eigenvalue weighted by Crippen LogP contribution is -2.48. The first-order chi connectivity index (χ1) is 25.3. The smallest absolute Gasteiger partial charge is 0.407 e. The van der Waals surface area contributed by atoms with Crippen LogP contribution < -0.4 is 21.6 Å². The molecular formula is C40H46FN7O5. The summed E-state index contributed by atoms with van der Waals surface area (Å²) >= 11 is 0. The van der Waals surface area contributed by atoms with Gasteiger partial charge >= 0.3 is 11.8 Å². The number of fused-ring (bicyclic) bond motifs is 2. The van der Waals surface area contributed by atoms with E-state index in [1.54, 1.807) is 0 Å². The number of anilines is 1. The molecule has 0 aliphatic heterocycles. The minimum Gasteiger partial charge on any atom is -0.444 e. The molecule has 278 valence electrons. The number of amides is 3. The minimum atomic E-state index is -0.966. The van der Waals surface area contributed by atoms with Gasteiger partial charge < -0.3 is 35.6 Å². The Kier molecular flexibility index (Phi) is 9.84. The summed E-state index contributed by atoms with van der Waals surface area (Å²) in [6.07, 6.45) is 4.78. The van der Waals surface area contributed by atoms with Crippen molar-refractivity contribution in [1.82, 2.24) is 30.6 Å². The lowest BCUT2D eigenvalue weighted by molar-refractivity contribution is -0.130. The molecule has 0 bridgehead atoms. The molecular weight excluding hydrogens is 677 g/mol. The average Bonchev–Trinajstić information content (AvgIpc) is 3.76. The molecule has 53 heavy (non-hydrogen) atoms. The van der Waals surface area contributed by atoms with Gasteiger partial charge in [0.2, 0.25) is 11.8 Å². The third-order valence-corrected chi connectivity index (χ3v) is 10.1. The number of hydrogen-bond donors (Lipinski definition) is 6. The highest BCUT2D eigenvalue weighted by Gasteiger charge is 2.31. The number of aromatic amines is 3. The molecule has 2 aliphatic rings. The van der Waals surface area contributed by atoms with Gasteiger partial charge in [-0.25, -0.2) is 19.0 Å². The van der Waals surface area contributed by atoms with Crippen LogP contribution in [0.1, 0.15) is 82.2 Å². The Morgan fingerprint density at radius 1 is 0.943 bits per heavy atom. The lowest BCUT2D eigenvalue weighted by atomic mass is 9.81. The van der Waals surface area contributed by atoms with E-state index in [-0.39, 0.29) is 40.9 Å². The van der Waals surface area contributed by atoms with Gasteiger partial charge in [-0.2, -0.15) is 0 Å². The molecule has 12 nitrogen and oxygen atoms in total. The molecule has 0 unspecified atom stereocenters. The van der Waals surface area contributed by atoms with Crippen molar-refractivity contribution >= 4 is 45.7 Å². The number of carbonyl (C=O) groups excluding carboxylic acids is 3. The van der Waals surface area contributed by atoms with E-state index in [1.165, 1.54) is 18.9 Å². The van der Waals surface area contributed by atoms with Crippen LogP contribution in [0.4, 0.5) is 14.9 Å². The zero-order valence-electron chi connectivity index (χ0n) is 30.5. The largest absolute Gasteiger partial charge is 0.444 e. The molecule has 3 amide bonds. The van der Waals surface area contributed by atoms with E-state index in [9.17, 15) is 23.6 Å². The van der Waals surface area contributed by atoms with Crippen molar-refractivity contribution in [1.29, 1.82) is 0 Å². The van der Waals surface area contributed by atoms with Gasteiger partial charge in [0.25, 0.3) is 0 Å². The number of imidazole rings is 2. The molecule has 2 aliphatic carbocycles. The van der Waals surface area contributed by atoms with Gasteiger partial charge in [-0.1, -0.05) is 24.3 Å². The van der Waals surface area contributed by atoms with E-state index in [2.05, 4.69) is 50.0 Å². The predicted octanol–water partition coefficient (Wildman–Crippen LogP) is 6.72. The van der Waals surface area contributed by atoms with E-state index in [0.717, 1.165) is 58.0 Å². The van der Waals surface area contributed by atoms with E-state index in [1.807, 2.05) is 45.0 Å². The number of ether oxygens (including phenoxy) is 1.